The van der Waals surface area contributed by atoms with Gasteiger partial charge in [0.1, 0.15) is 17.6 Å². The molecule has 2 atom stereocenters. The molecule has 0 saturated heterocycles. The molecular formula is C23H17FN4OS2. The number of nitrogens with one attached hydrogen (secondary N) is 1. The first-order valence-electron chi connectivity index (χ1n) is 9.80. The van der Waals surface area contributed by atoms with Gasteiger partial charge < -0.3 is 10.1 Å². The van der Waals surface area contributed by atoms with Crippen molar-refractivity contribution in [2.24, 2.45) is 0 Å². The normalized spacial score (nSPS) is 19.2. The molecule has 0 bridgehead atoms. The predicted molar refractivity (Wildman–Crippen MR) is 121 cm³/mol. The predicted octanol–water partition coefficient (Wildman–Crippen LogP) is 5.76. The molecule has 1 N–H and O–H groups in total. The summed E-state index contributed by atoms with van der Waals surface area (Å²) in [6.07, 6.45) is 1.57. The first kappa shape index (κ1) is 18.7. The van der Waals surface area contributed by atoms with Gasteiger partial charge in [-0.15, -0.1) is 16.4 Å². The van der Waals surface area contributed by atoms with E-state index in [0.29, 0.717) is 16.7 Å². The number of fused-ring (bicyclic) bond motifs is 3. The number of ether oxygens (including phenoxy) is 1. The Kier molecular flexibility index (Phi) is 4.36. The minimum Gasteiger partial charge on any atom is -0.480 e. The van der Waals surface area contributed by atoms with E-state index in [1.807, 2.05) is 54.1 Å². The minimum absolute atomic E-state index is 0.280. The lowest BCUT2D eigenvalue weighted by Crippen LogP contribution is -2.32. The van der Waals surface area contributed by atoms with Crippen LogP contribution in [-0.4, -0.2) is 21.0 Å². The summed E-state index contributed by atoms with van der Waals surface area (Å²) in [5.41, 5.74) is 3.31. The maximum atomic E-state index is 15.1. The molecule has 0 saturated carbocycles. The van der Waals surface area contributed by atoms with E-state index >= 15 is 4.39 Å². The molecule has 4 heterocycles. The van der Waals surface area contributed by atoms with Crippen LogP contribution in [0, 0.1) is 5.82 Å². The van der Waals surface area contributed by atoms with Gasteiger partial charge in [-0.25, -0.2) is 9.07 Å². The van der Waals surface area contributed by atoms with Crippen LogP contribution in [0.25, 0.3) is 5.70 Å². The smallest absolute Gasteiger partial charge is 0.227 e. The van der Waals surface area contributed by atoms with Gasteiger partial charge in [-0.1, -0.05) is 48.2 Å². The number of hydrogen-bond acceptors (Lipinski definition) is 6. The van der Waals surface area contributed by atoms with Gasteiger partial charge in [0.05, 0.1) is 5.70 Å². The van der Waals surface area contributed by atoms with Crippen molar-refractivity contribution in [1.82, 2.24) is 14.8 Å². The highest BCUT2D eigenvalue weighted by atomic mass is 32.2. The Bertz CT molecular complexity index is 1310. The van der Waals surface area contributed by atoms with Crippen LogP contribution in [0.2, 0.25) is 0 Å². The Morgan fingerprint density at radius 2 is 1.94 bits per heavy atom. The molecule has 4 aromatic rings. The summed E-state index contributed by atoms with van der Waals surface area (Å²) < 4.78 is 23.4. The van der Waals surface area contributed by atoms with Crippen molar-refractivity contribution in [3.63, 3.8) is 0 Å². The van der Waals surface area contributed by atoms with Crippen molar-refractivity contribution in [3.8, 4) is 5.75 Å². The monoisotopic (exact) mass is 448 g/mol. The second kappa shape index (κ2) is 7.25. The number of anilines is 1. The van der Waals surface area contributed by atoms with E-state index in [4.69, 9.17) is 4.74 Å². The number of rotatable bonds is 3. The van der Waals surface area contributed by atoms with E-state index in [1.54, 1.807) is 22.1 Å². The maximum absolute atomic E-state index is 15.1. The lowest BCUT2D eigenvalue weighted by Gasteiger charge is -2.38. The van der Waals surface area contributed by atoms with Crippen molar-refractivity contribution < 1.29 is 9.13 Å². The average Bonchev–Trinajstić information content (AvgIpc) is 3.47. The van der Waals surface area contributed by atoms with E-state index < -0.39 is 6.04 Å². The molecule has 2 aliphatic heterocycles. The van der Waals surface area contributed by atoms with Crippen LogP contribution in [0.3, 0.4) is 0 Å². The molecule has 0 unspecified atom stereocenters. The van der Waals surface area contributed by atoms with E-state index in [1.165, 1.54) is 17.8 Å². The van der Waals surface area contributed by atoms with Gasteiger partial charge in [-0.2, -0.15) is 4.98 Å². The molecule has 8 heteroatoms. The summed E-state index contributed by atoms with van der Waals surface area (Å²) in [4.78, 5) is 5.69. The van der Waals surface area contributed by atoms with Crippen LogP contribution < -0.4 is 10.1 Å². The van der Waals surface area contributed by atoms with Gasteiger partial charge in [0.2, 0.25) is 11.1 Å². The molecule has 0 aliphatic carbocycles. The molecule has 154 valence electrons. The number of thiophene rings is 1. The third kappa shape index (κ3) is 2.90. The standard InChI is InChI=1S/C23H17FN4OS2/c1-30-23-26-22-25-19-14-8-3-5-10-16(14)29-21(17-11-6-12-31-17)18(19)20(28(22)27-23)13-7-2-4-9-15(13)24/h2-12,20-21H,1H3,(H,25,26,27)/t20-,21-/m1/s1. The molecule has 2 aliphatic rings. The Balaban J connectivity index is 1.66. The van der Waals surface area contributed by atoms with Gasteiger partial charge >= 0.3 is 0 Å². The zero-order valence-electron chi connectivity index (χ0n) is 16.4. The van der Waals surface area contributed by atoms with Crippen LogP contribution in [0.1, 0.15) is 28.1 Å². The summed E-state index contributed by atoms with van der Waals surface area (Å²) in [7, 11) is 0. The highest BCUT2D eigenvalue weighted by Crippen LogP contribution is 2.51. The number of hydrogen-bond donors (Lipinski definition) is 1. The van der Waals surface area contributed by atoms with Crippen molar-refractivity contribution in [2.75, 3.05) is 11.6 Å². The number of benzene rings is 2. The topological polar surface area (TPSA) is 52.0 Å². The lowest BCUT2D eigenvalue weighted by atomic mass is 9.86. The van der Waals surface area contributed by atoms with Crippen LogP contribution in [-0.2, 0) is 0 Å². The van der Waals surface area contributed by atoms with Crippen molar-refractivity contribution in [3.05, 3.63) is 93.4 Å². The van der Waals surface area contributed by atoms with Gasteiger partial charge in [0.15, 0.2) is 6.10 Å². The molecule has 2 aromatic carbocycles. The highest BCUT2D eigenvalue weighted by molar-refractivity contribution is 7.98. The van der Waals surface area contributed by atoms with Crippen molar-refractivity contribution >= 4 is 34.7 Å². The molecule has 0 fully saturated rings. The summed E-state index contributed by atoms with van der Waals surface area (Å²) >= 11 is 3.08. The minimum atomic E-state index is -0.485. The van der Waals surface area contributed by atoms with Gasteiger partial charge in [0.25, 0.3) is 0 Å². The van der Waals surface area contributed by atoms with Crippen LogP contribution in [0.15, 0.2) is 76.8 Å². The SMILES string of the molecule is CSc1nc2n(n1)[C@H](c1ccccc1F)C1=C(N2)c2ccccc2O[C@@H]1c1cccs1. The van der Waals surface area contributed by atoms with Crippen LogP contribution in [0.4, 0.5) is 10.3 Å². The van der Waals surface area contributed by atoms with E-state index in [9.17, 15) is 0 Å². The third-order valence-electron chi connectivity index (χ3n) is 5.54. The fraction of sp³-hybridized carbons (Fsp3) is 0.130. The summed E-state index contributed by atoms with van der Waals surface area (Å²) in [5.74, 6) is 1.10. The first-order valence-corrected chi connectivity index (χ1v) is 11.9. The van der Waals surface area contributed by atoms with Gasteiger partial charge in [-0.05, 0) is 35.9 Å². The molecule has 0 amide bonds. The van der Waals surface area contributed by atoms with Crippen molar-refractivity contribution in [1.29, 1.82) is 0 Å². The lowest BCUT2D eigenvalue weighted by molar-refractivity contribution is 0.226. The average molecular weight is 449 g/mol. The number of para-hydroxylation sites is 1. The molecule has 31 heavy (non-hydrogen) atoms. The van der Waals surface area contributed by atoms with Gasteiger partial charge in [-0.3, -0.25) is 0 Å². The summed E-state index contributed by atoms with van der Waals surface area (Å²) in [5, 5.41) is 10.8. The molecule has 5 nitrogen and oxygen atoms in total. The fourth-order valence-electron chi connectivity index (χ4n) is 4.22. The number of nitrogens with zero attached hydrogens (tertiary/aromatic N) is 3. The van der Waals surface area contributed by atoms with Crippen LogP contribution in [0.5, 0.6) is 5.75 Å². The molecule has 0 radical (unpaired) electrons. The Labute approximate surface area is 186 Å². The summed E-state index contributed by atoms with van der Waals surface area (Å²) in [6.45, 7) is 0. The zero-order chi connectivity index (χ0) is 20.9. The third-order valence-corrected chi connectivity index (χ3v) is 7.00. The van der Waals surface area contributed by atoms with Gasteiger partial charge in [0, 0.05) is 21.6 Å². The maximum Gasteiger partial charge on any atom is 0.227 e. The highest BCUT2D eigenvalue weighted by Gasteiger charge is 2.42. The number of halogens is 1. The summed E-state index contributed by atoms with van der Waals surface area (Å²) in [6, 6.07) is 18.3. The fourth-order valence-corrected chi connectivity index (χ4v) is 5.34. The molecular weight excluding hydrogens is 431 g/mol. The van der Waals surface area contributed by atoms with Crippen LogP contribution >= 0.6 is 23.1 Å². The zero-order valence-corrected chi connectivity index (χ0v) is 18.1. The number of thioether (sulfide) groups is 1. The Morgan fingerprint density at radius 1 is 1.10 bits per heavy atom. The number of aromatic nitrogens is 3. The Morgan fingerprint density at radius 3 is 2.74 bits per heavy atom. The van der Waals surface area contributed by atoms with E-state index in [2.05, 4.69) is 21.5 Å². The largest absolute Gasteiger partial charge is 0.480 e. The quantitative estimate of drug-likeness (QED) is 0.404. The van der Waals surface area contributed by atoms with E-state index in [0.717, 1.165) is 27.5 Å². The van der Waals surface area contributed by atoms with E-state index in [-0.39, 0.29) is 11.9 Å². The second-order valence-corrected chi connectivity index (χ2v) is 9.01. The second-order valence-electron chi connectivity index (χ2n) is 7.26. The molecule has 6 rings (SSSR count). The molecule has 2 aromatic heterocycles. The molecule has 0 spiro atoms. The first-order chi connectivity index (χ1) is 15.2. The Hall–Kier alpha value is -3.10. The van der Waals surface area contributed by atoms with Crippen molar-refractivity contribution in [2.45, 2.75) is 17.3 Å².